The Kier molecular flexibility index (Phi) is 10.9. The molecule has 2 aliphatic heterocycles. The van der Waals surface area contributed by atoms with Gasteiger partial charge in [-0.25, -0.2) is 19.9 Å². The fourth-order valence-corrected chi connectivity index (χ4v) is 12.7. The number of aliphatic hydroxyl groups is 1. The van der Waals surface area contributed by atoms with Crippen LogP contribution < -0.4 is 16.4 Å². The summed E-state index contributed by atoms with van der Waals surface area (Å²) in [4.78, 5) is 60.3. The third-order valence-electron chi connectivity index (χ3n) is 11.5. The van der Waals surface area contributed by atoms with Crippen LogP contribution >= 0.6 is 46.2 Å². The number of fused-ring (bicyclic) bond motifs is 8. The van der Waals surface area contributed by atoms with Gasteiger partial charge in [0.1, 0.15) is 39.6 Å². The average Bonchev–Trinajstić information content (AvgIpc) is 3.97. The zero-order chi connectivity index (χ0) is 40.1. The van der Waals surface area contributed by atoms with Gasteiger partial charge in [-0.05, 0) is 124 Å². The molecule has 0 saturated heterocycles. The summed E-state index contributed by atoms with van der Waals surface area (Å²) >= 11 is 6.11. The number of benzene rings is 2. The molecule has 0 bridgehead atoms. The van der Waals surface area contributed by atoms with Gasteiger partial charge in [-0.1, -0.05) is 35.7 Å². The standard InChI is InChI=1S/C24H25N3O3S2.C19H18N4OS2/c1-24(2,30)19(28)8-4-13-3-7-16-18(9-13)32-23-21(16)22(25-12-26-23)27-15-6-5-14-10-20(29)31-17(14)11-15;20-8-10-1-4-13-15(5-10)26-19-17(13)18(21-9-22-19)23-12-3-2-11-6-16(24)25-14(11)7-12/h5-6,11-13,30H,3-4,7-10H2,1-2H3,(H,25,26,27);2-3,7,9-10H,1,4-6,8,20H2,(H,21,22,23). The van der Waals surface area contributed by atoms with Crippen molar-refractivity contribution in [2.45, 2.75) is 93.4 Å². The van der Waals surface area contributed by atoms with Gasteiger partial charge in [-0.2, -0.15) is 0 Å². The molecule has 5 N–H and O–H groups in total. The topological polar surface area (TPSA) is 173 Å². The highest BCUT2D eigenvalue weighted by atomic mass is 32.2. The summed E-state index contributed by atoms with van der Waals surface area (Å²) in [6, 6.07) is 12.1. The van der Waals surface area contributed by atoms with Gasteiger partial charge in [-0.3, -0.25) is 14.4 Å². The Hall–Kier alpha value is -4.25. The summed E-state index contributed by atoms with van der Waals surface area (Å²) < 4.78 is 0. The highest BCUT2D eigenvalue weighted by molar-refractivity contribution is 8.14. The molecule has 58 heavy (non-hydrogen) atoms. The van der Waals surface area contributed by atoms with Gasteiger partial charge in [0.15, 0.2) is 16.0 Å². The van der Waals surface area contributed by atoms with Crippen LogP contribution in [0.2, 0.25) is 0 Å². The van der Waals surface area contributed by atoms with Crippen LogP contribution in [0.4, 0.5) is 23.0 Å². The van der Waals surface area contributed by atoms with Crippen LogP contribution in [-0.2, 0) is 52.9 Å². The molecule has 2 aromatic carbocycles. The third kappa shape index (κ3) is 8.04. The molecule has 0 spiro atoms. The molecule has 6 heterocycles. The average molecular weight is 850 g/mol. The zero-order valence-corrected chi connectivity index (χ0v) is 35.5. The highest BCUT2D eigenvalue weighted by Crippen LogP contribution is 2.43. The molecule has 2 unspecified atom stereocenters. The minimum atomic E-state index is -1.25. The van der Waals surface area contributed by atoms with E-state index in [2.05, 4.69) is 30.6 Å². The Morgan fingerprint density at radius 1 is 0.776 bits per heavy atom. The molecule has 0 saturated carbocycles. The molecule has 4 aromatic heterocycles. The summed E-state index contributed by atoms with van der Waals surface area (Å²) in [5.41, 5.74) is 11.4. The number of aromatic nitrogens is 4. The number of nitrogens with zero attached hydrogens (tertiary/aromatic N) is 4. The largest absolute Gasteiger partial charge is 0.383 e. The lowest BCUT2D eigenvalue weighted by molar-refractivity contribution is -0.134. The van der Waals surface area contributed by atoms with E-state index in [9.17, 15) is 19.5 Å². The zero-order valence-electron chi connectivity index (χ0n) is 32.2. The summed E-state index contributed by atoms with van der Waals surface area (Å²) in [6.07, 6.45) is 11.6. The highest BCUT2D eigenvalue weighted by Gasteiger charge is 2.29. The van der Waals surface area contributed by atoms with Crippen molar-refractivity contribution in [1.29, 1.82) is 0 Å². The number of carbonyl (C=O) groups is 3. The van der Waals surface area contributed by atoms with Crippen LogP contribution in [0.15, 0.2) is 58.8 Å². The molecule has 2 aliphatic carbocycles. The summed E-state index contributed by atoms with van der Waals surface area (Å²) in [5, 5.41) is 19.4. The van der Waals surface area contributed by atoms with Crippen molar-refractivity contribution in [3.63, 3.8) is 0 Å². The van der Waals surface area contributed by atoms with Crippen molar-refractivity contribution < 1.29 is 19.5 Å². The second kappa shape index (κ2) is 16.1. The Morgan fingerprint density at radius 2 is 1.28 bits per heavy atom. The van der Waals surface area contributed by atoms with E-state index in [4.69, 9.17) is 5.73 Å². The van der Waals surface area contributed by atoms with Crippen LogP contribution in [0.25, 0.3) is 20.4 Å². The van der Waals surface area contributed by atoms with E-state index < -0.39 is 5.60 Å². The van der Waals surface area contributed by atoms with E-state index in [-0.39, 0.29) is 16.0 Å². The number of hydrogen-bond donors (Lipinski definition) is 4. The van der Waals surface area contributed by atoms with Crippen LogP contribution in [-0.4, -0.2) is 53.2 Å². The third-order valence-corrected chi connectivity index (χ3v) is 15.7. The first-order valence-corrected chi connectivity index (χ1v) is 22.9. The molecule has 11 nitrogen and oxygen atoms in total. The predicted molar refractivity (Wildman–Crippen MR) is 234 cm³/mol. The van der Waals surface area contributed by atoms with E-state index >= 15 is 0 Å². The van der Waals surface area contributed by atoms with E-state index in [1.807, 2.05) is 36.4 Å². The smallest absolute Gasteiger partial charge is 0.198 e. The molecule has 0 amide bonds. The number of rotatable bonds is 9. The van der Waals surface area contributed by atoms with Crippen LogP contribution in [0.5, 0.6) is 0 Å². The second-order valence-electron chi connectivity index (χ2n) is 16.0. The molecular formula is C43H43N7O4S4. The van der Waals surface area contributed by atoms with Gasteiger partial charge in [0, 0.05) is 50.2 Å². The predicted octanol–water partition coefficient (Wildman–Crippen LogP) is 8.51. The fraction of sp³-hybridized carbons (Fsp3) is 0.372. The summed E-state index contributed by atoms with van der Waals surface area (Å²) in [5.74, 6) is 2.58. The number of thiophene rings is 2. The first-order chi connectivity index (χ1) is 28.0. The molecule has 10 rings (SSSR count). The Morgan fingerprint density at radius 3 is 1.78 bits per heavy atom. The van der Waals surface area contributed by atoms with E-state index in [1.54, 1.807) is 49.2 Å². The molecule has 4 aliphatic rings. The quantitative estimate of drug-likeness (QED) is 0.109. The van der Waals surface area contributed by atoms with Gasteiger partial charge in [-0.15, -0.1) is 22.7 Å². The maximum atomic E-state index is 12.1. The molecule has 6 aromatic rings. The van der Waals surface area contributed by atoms with Crippen LogP contribution in [0, 0.1) is 11.8 Å². The van der Waals surface area contributed by atoms with Crippen molar-refractivity contribution in [3.8, 4) is 0 Å². The number of thioether (sulfide) groups is 2. The van der Waals surface area contributed by atoms with Crippen LogP contribution in [0.3, 0.4) is 0 Å². The van der Waals surface area contributed by atoms with E-state index in [0.717, 1.165) is 116 Å². The lowest BCUT2D eigenvalue weighted by atomic mass is 9.83. The monoisotopic (exact) mass is 849 g/mol. The van der Waals surface area contributed by atoms with Crippen molar-refractivity contribution in [2.75, 3.05) is 17.2 Å². The minimum Gasteiger partial charge on any atom is -0.383 e. The second-order valence-corrected chi connectivity index (χ2v) is 20.3. The number of carbonyl (C=O) groups excluding carboxylic acids is 3. The fourth-order valence-electron chi connectivity index (χ4n) is 8.28. The van der Waals surface area contributed by atoms with Crippen molar-refractivity contribution in [1.82, 2.24) is 19.9 Å². The number of ketones is 1. The van der Waals surface area contributed by atoms with Gasteiger partial charge < -0.3 is 21.5 Å². The molecular weight excluding hydrogens is 807 g/mol. The maximum absolute atomic E-state index is 12.1. The van der Waals surface area contributed by atoms with Crippen molar-refractivity contribution in [2.24, 2.45) is 17.6 Å². The van der Waals surface area contributed by atoms with Gasteiger partial charge in [0.25, 0.3) is 0 Å². The van der Waals surface area contributed by atoms with Gasteiger partial charge in [0.2, 0.25) is 0 Å². The Balaban J connectivity index is 0.000000153. The van der Waals surface area contributed by atoms with Gasteiger partial charge in [0.05, 0.1) is 10.8 Å². The van der Waals surface area contributed by atoms with Crippen molar-refractivity contribution in [3.05, 3.63) is 81.1 Å². The maximum Gasteiger partial charge on any atom is 0.198 e. The molecule has 0 radical (unpaired) electrons. The normalized spacial score (nSPS) is 18.3. The molecule has 0 fully saturated rings. The summed E-state index contributed by atoms with van der Waals surface area (Å²) in [6.45, 7) is 3.87. The van der Waals surface area contributed by atoms with E-state index in [0.29, 0.717) is 31.1 Å². The van der Waals surface area contributed by atoms with Gasteiger partial charge >= 0.3 is 0 Å². The number of nitrogens with one attached hydrogen (secondary N) is 2. The number of hydrogen-bond acceptors (Lipinski definition) is 15. The first kappa shape index (κ1) is 39.2. The SMILES string of the molecule is CC(C)(O)C(=O)CCC1CCc2c(sc3ncnc(Nc4ccc5c(c4)SC(=O)C5)c23)C1.NCC1CCc2c(sc3ncnc(Nc4ccc5c(c4)SC(=O)C5)c23)C1. The molecule has 15 heteroatoms. The minimum absolute atomic E-state index is 0.0915. The molecule has 2 atom stereocenters. The van der Waals surface area contributed by atoms with Crippen LogP contribution in [0.1, 0.15) is 71.5 Å². The number of aryl methyl sites for hydroxylation is 2. The lowest BCUT2D eigenvalue weighted by Gasteiger charge is -2.23. The lowest BCUT2D eigenvalue weighted by Crippen LogP contribution is -2.31. The van der Waals surface area contributed by atoms with Crippen molar-refractivity contribution >= 4 is 106 Å². The number of Topliss-reactive ketones (excluding diaryl/α,β-unsaturated/α-hetero) is 1. The number of anilines is 4. The Labute approximate surface area is 352 Å². The van der Waals surface area contributed by atoms with E-state index in [1.165, 1.54) is 44.4 Å². The number of nitrogens with two attached hydrogens (primary N) is 1. The first-order valence-electron chi connectivity index (χ1n) is 19.7. The summed E-state index contributed by atoms with van der Waals surface area (Å²) in [7, 11) is 0. The Bertz CT molecular complexity index is 2620. The molecule has 298 valence electrons.